The van der Waals surface area contributed by atoms with Crippen LogP contribution in [0.4, 0.5) is 5.69 Å². The lowest BCUT2D eigenvalue weighted by molar-refractivity contribution is 0.432. The summed E-state index contributed by atoms with van der Waals surface area (Å²) < 4.78 is 5.33. The van der Waals surface area contributed by atoms with Gasteiger partial charge in [-0.3, -0.25) is 0 Å². The zero-order chi connectivity index (χ0) is 13.9. The molecule has 0 amide bonds. The van der Waals surface area contributed by atoms with Gasteiger partial charge >= 0.3 is 0 Å². The van der Waals surface area contributed by atoms with Gasteiger partial charge in [0, 0.05) is 30.9 Å². The van der Waals surface area contributed by atoms with Gasteiger partial charge in [-0.05, 0) is 24.3 Å². The summed E-state index contributed by atoms with van der Waals surface area (Å²) in [6, 6.07) is 17.8. The molecule has 0 atom stereocenters. The van der Waals surface area contributed by atoms with Gasteiger partial charge in [0.1, 0.15) is 0 Å². The molecule has 0 N–H and O–H groups in total. The van der Waals surface area contributed by atoms with Crippen molar-refractivity contribution in [2.75, 3.05) is 19.0 Å². The molecule has 2 aromatic carbocycles. The van der Waals surface area contributed by atoms with E-state index in [-0.39, 0.29) is 0 Å². The van der Waals surface area contributed by atoms with E-state index in [1.54, 1.807) is 0 Å². The van der Waals surface area contributed by atoms with E-state index in [1.807, 2.05) is 73.6 Å². The van der Waals surface area contributed by atoms with Crippen LogP contribution in [0.25, 0.3) is 22.8 Å². The molecule has 1 aromatic heterocycles. The highest BCUT2D eigenvalue weighted by Gasteiger charge is 2.10. The van der Waals surface area contributed by atoms with Crippen molar-refractivity contribution in [2.45, 2.75) is 0 Å². The zero-order valence-electron chi connectivity index (χ0n) is 11.4. The molecule has 1 heterocycles. The van der Waals surface area contributed by atoms with E-state index < -0.39 is 0 Å². The van der Waals surface area contributed by atoms with Gasteiger partial charge < -0.3 is 9.42 Å². The molecule has 0 saturated carbocycles. The first-order chi connectivity index (χ1) is 9.74. The Labute approximate surface area is 117 Å². The lowest BCUT2D eigenvalue weighted by Gasteiger charge is -2.11. The summed E-state index contributed by atoms with van der Waals surface area (Å²) in [7, 11) is 4.02. The molecule has 0 radical (unpaired) electrons. The molecule has 0 aliphatic carbocycles. The number of aromatic nitrogens is 2. The molecule has 0 aliphatic heterocycles. The normalized spacial score (nSPS) is 10.5. The maximum absolute atomic E-state index is 5.33. The van der Waals surface area contributed by atoms with E-state index in [1.165, 1.54) is 0 Å². The van der Waals surface area contributed by atoms with Gasteiger partial charge in [-0.1, -0.05) is 35.5 Å². The van der Waals surface area contributed by atoms with Crippen molar-refractivity contribution >= 4 is 5.69 Å². The summed E-state index contributed by atoms with van der Waals surface area (Å²) >= 11 is 0. The first-order valence-electron chi connectivity index (χ1n) is 6.41. The molecule has 0 saturated heterocycles. The number of nitrogens with zero attached hydrogens (tertiary/aromatic N) is 3. The summed E-state index contributed by atoms with van der Waals surface area (Å²) in [4.78, 5) is 6.48. The molecule has 0 spiro atoms. The quantitative estimate of drug-likeness (QED) is 0.727. The van der Waals surface area contributed by atoms with Gasteiger partial charge in [-0.25, -0.2) is 0 Å². The molecule has 0 aliphatic rings. The predicted molar refractivity (Wildman–Crippen MR) is 79.5 cm³/mol. The van der Waals surface area contributed by atoms with Crippen molar-refractivity contribution in [2.24, 2.45) is 0 Å². The molecule has 100 valence electrons. The number of rotatable bonds is 3. The molecule has 0 bridgehead atoms. The van der Waals surface area contributed by atoms with Crippen LogP contribution in [0.15, 0.2) is 59.1 Å². The second-order valence-corrected chi connectivity index (χ2v) is 4.73. The number of hydrogen-bond acceptors (Lipinski definition) is 4. The first-order valence-corrected chi connectivity index (χ1v) is 6.41. The zero-order valence-corrected chi connectivity index (χ0v) is 11.4. The van der Waals surface area contributed by atoms with Crippen molar-refractivity contribution in [1.82, 2.24) is 10.1 Å². The monoisotopic (exact) mass is 265 g/mol. The second kappa shape index (κ2) is 5.17. The van der Waals surface area contributed by atoms with Crippen LogP contribution in [0, 0.1) is 0 Å². The minimum absolute atomic E-state index is 0.536. The molecule has 20 heavy (non-hydrogen) atoms. The van der Waals surface area contributed by atoms with Crippen LogP contribution < -0.4 is 4.90 Å². The van der Waals surface area contributed by atoms with Crippen LogP contribution in [0.1, 0.15) is 0 Å². The van der Waals surface area contributed by atoms with Crippen molar-refractivity contribution in [3.8, 4) is 22.8 Å². The maximum atomic E-state index is 5.33. The van der Waals surface area contributed by atoms with Crippen molar-refractivity contribution in [3.05, 3.63) is 54.6 Å². The van der Waals surface area contributed by atoms with E-state index >= 15 is 0 Å². The summed E-state index contributed by atoms with van der Waals surface area (Å²) in [5.74, 6) is 1.14. The van der Waals surface area contributed by atoms with E-state index in [0.29, 0.717) is 11.7 Å². The lowest BCUT2D eigenvalue weighted by Crippen LogP contribution is -2.07. The fourth-order valence-electron chi connectivity index (χ4n) is 1.95. The van der Waals surface area contributed by atoms with Gasteiger partial charge in [-0.2, -0.15) is 4.98 Å². The molecule has 0 unspecified atom stereocenters. The minimum atomic E-state index is 0.536. The third kappa shape index (κ3) is 2.40. The van der Waals surface area contributed by atoms with E-state index in [9.17, 15) is 0 Å². The Kier molecular flexibility index (Phi) is 3.21. The summed E-state index contributed by atoms with van der Waals surface area (Å²) in [6.45, 7) is 0. The van der Waals surface area contributed by atoms with Crippen LogP contribution in [-0.2, 0) is 0 Å². The van der Waals surface area contributed by atoms with Crippen molar-refractivity contribution < 1.29 is 4.52 Å². The number of benzene rings is 2. The third-order valence-electron chi connectivity index (χ3n) is 3.09. The van der Waals surface area contributed by atoms with Crippen molar-refractivity contribution in [1.29, 1.82) is 0 Å². The fraction of sp³-hybridized carbons (Fsp3) is 0.125. The lowest BCUT2D eigenvalue weighted by atomic mass is 10.2. The molecule has 3 rings (SSSR count). The predicted octanol–water partition coefficient (Wildman–Crippen LogP) is 3.47. The van der Waals surface area contributed by atoms with Gasteiger partial charge in [0.15, 0.2) is 0 Å². The number of anilines is 1. The Balaban J connectivity index is 1.90. The highest BCUT2D eigenvalue weighted by molar-refractivity contribution is 5.62. The number of hydrogen-bond donors (Lipinski definition) is 0. The van der Waals surface area contributed by atoms with Crippen LogP contribution >= 0.6 is 0 Å². The Hall–Kier alpha value is -2.62. The molecule has 0 fully saturated rings. The molecule has 4 heteroatoms. The first kappa shape index (κ1) is 12.4. The van der Waals surface area contributed by atoms with Crippen LogP contribution in [-0.4, -0.2) is 24.2 Å². The van der Waals surface area contributed by atoms with Crippen LogP contribution in [0.5, 0.6) is 0 Å². The SMILES string of the molecule is CN(C)c1ccc(-c2nc(-c3ccccc3)no2)cc1. The van der Waals surface area contributed by atoms with E-state index in [4.69, 9.17) is 4.52 Å². The molecular formula is C16H15N3O. The average molecular weight is 265 g/mol. The highest BCUT2D eigenvalue weighted by atomic mass is 16.5. The van der Waals surface area contributed by atoms with E-state index in [0.717, 1.165) is 16.8 Å². The summed E-state index contributed by atoms with van der Waals surface area (Å²) in [5.41, 5.74) is 3.01. The standard InChI is InChI=1S/C16H15N3O/c1-19(2)14-10-8-13(9-11-14)16-17-15(18-20-16)12-6-4-3-5-7-12/h3-11H,1-2H3. The van der Waals surface area contributed by atoms with Gasteiger partial charge in [0.25, 0.3) is 5.89 Å². The van der Waals surface area contributed by atoms with Crippen LogP contribution in [0.2, 0.25) is 0 Å². The minimum Gasteiger partial charge on any atom is -0.378 e. The van der Waals surface area contributed by atoms with Gasteiger partial charge in [0.2, 0.25) is 5.82 Å². The molecular weight excluding hydrogens is 250 g/mol. The van der Waals surface area contributed by atoms with Crippen molar-refractivity contribution in [3.63, 3.8) is 0 Å². The Morgan fingerprint density at radius 3 is 2.20 bits per heavy atom. The average Bonchev–Trinajstić information content (AvgIpc) is 2.98. The summed E-state index contributed by atoms with van der Waals surface area (Å²) in [6.07, 6.45) is 0. The van der Waals surface area contributed by atoms with Gasteiger partial charge in [0.05, 0.1) is 0 Å². The van der Waals surface area contributed by atoms with E-state index in [2.05, 4.69) is 10.1 Å². The Morgan fingerprint density at radius 2 is 1.55 bits per heavy atom. The Morgan fingerprint density at radius 1 is 0.850 bits per heavy atom. The molecule has 3 aromatic rings. The maximum Gasteiger partial charge on any atom is 0.258 e. The molecule has 4 nitrogen and oxygen atoms in total. The fourth-order valence-corrected chi connectivity index (χ4v) is 1.95. The highest BCUT2D eigenvalue weighted by Crippen LogP contribution is 2.23. The third-order valence-corrected chi connectivity index (χ3v) is 3.09. The van der Waals surface area contributed by atoms with Crippen LogP contribution in [0.3, 0.4) is 0 Å². The summed E-state index contributed by atoms with van der Waals surface area (Å²) in [5, 5.41) is 4.02. The van der Waals surface area contributed by atoms with Gasteiger partial charge in [-0.15, -0.1) is 0 Å². The smallest absolute Gasteiger partial charge is 0.258 e. The topological polar surface area (TPSA) is 42.2 Å². The Bertz CT molecular complexity index is 687. The largest absolute Gasteiger partial charge is 0.378 e. The second-order valence-electron chi connectivity index (χ2n) is 4.73.